The van der Waals surface area contributed by atoms with Gasteiger partial charge in [-0.1, -0.05) is 23.2 Å². The Bertz CT molecular complexity index is 704. The molecular formula is C14H17Cl2N3O3. The number of halogens is 2. The van der Waals surface area contributed by atoms with E-state index in [4.69, 9.17) is 27.9 Å². The van der Waals surface area contributed by atoms with Crippen molar-refractivity contribution in [1.82, 2.24) is 9.55 Å². The molecule has 1 aliphatic rings. The molecule has 22 heavy (non-hydrogen) atoms. The largest absolute Gasteiger partial charge is 0.388 e. The first-order valence-corrected chi connectivity index (χ1v) is 7.75. The lowest BCUT2D eigenvalue weighted by Crippen LogP contribution is -2.29. The Hall–Kier alpha value is -1.05. The van der Waals surface area contributed by atoms with Crippen molar-refractivity contribution in [3.05, 3.63) is 22.2 Å². The third kappa shape index (κ3) is 2.66. The van der Waals surface area contributed by atoms with E-state index in [2.05, 4.69) is 10.3 Å². The highest BCUT2D eigenvalue weighted by atomic mass is 35.5. The van der Waals surface area contributed by atoms with E-state index in [1.54, 1.807) is 16.7 Å². The van der Waals surface area contributed by atoms with Crippen molar-refractivity contribution in [2.45, 2.75) is 38.3 Å². The predicted molar refractivity (Wildman–Crippen MR) is 85.5 cm³/mol. The van der Waals surface area contributed by atoms with E-state index in [0.717, 1.165) is 0 Å². The van der Waals surface area contributed by atoms with E-state index in [-0.39, 0.29) is 12.6 Å². The Morgan fingerprint density at radius 3 is 2.59 bits per heavy atom. The molecule has 3 N–H and O–H groups in total. The summed E-state index contributed by atoms with van der Waals surface area (Å²) >= 11 is 12.1. The van der Waals surface area contributed by atoms with Crippen LogP contribution in [0.1, 0.15) is 20.1 Å². The molecule has 0 amide bonds. The fourth-order valence-electron chi connectivity index (χ4n) is 2.52. The van der Waals surface area contributed by atoms with E-state index in [1.807, 2.05) is 13.8 Å². The standard InChI is InChI=1S/C14H17Cl2N3O3/c1-6(2)17-14-18-9-3-7(15)8(16)4-10(9)19(14)13-12(21)11(20)5-22-13/h3-4,6,11-13,20-21H,5H2,1-2H3,(H,17,18)/t11-,12-,13+/m1/s1. The third-order valence-electron chi connectivity index (χ3n) is 3.53. The summed E-state index contributed by atoms with van der Waals surface area (Å²) in [6.07, 6.45) is -2.71. The van der Waals surface area contributed by atoms with Crippen LogP contribution in [-0.2, 0) is 4.74 Å². The van der Waals surface area contributed by atoms with Crippen molar-refractivity contribution in [2.75, 3.05) is 11.9 Å². The SMILES string of the molecule is CC(C)Nc1nc2cc(Cl)c(Cl)cc2n1[C@H]1OC[C@@H](O)[C@H]1O. The van der Waals surface area contributed by atoms with Crippen LogP contribution >= 0.6 is 23.2 Å². The summed E-state index contributed by atoms with van der Waals surface area (Å²) in [6, 6.07) is 3.47. The summed E-state index contributed by atoms with van der Waals surface area (Å²) in [6.45, 7) is 4.02. The van der Waals surface area contributed by atoms with Crippen molar-refractivity contribution in [2.24, 2.45) is 0 Å². The average Bonchev–Trinajstić information content (AvgIpc) is 2.92. The topological polar surface area (TPSA) is 79.5 Å². The molecule has 120 valence electrons. The molecule has 2 aromatic rings. The van der Waals surface area contributed by atoms with Gasteiger partial charge in [-0.05, 0) is 26.0 Å². The molecule has 3 rings (SSSR count). The maximum absolute atomic E-state index is 10.2. The lowest BCUT2D eigenvalue weighted by atomic mass is 10.2. The van der Waals surface area contributed by atoms with E-state index in [0.29, 0.717) is 27.0 Å². The zero-order valence-corrected chi connectivity index (χ0v) is 13.6. The van der Waals surface area contributed by atoms with Gasteiger partial charge in [0.2, 0.25) is 5.95 Å². The molecule has 6 nitrogen and oxygen atoms in total. The van der Waals surface area contributed by atoms with Gasteiger partial charge in [0.15, 0.2) is 6.23 Å². The zero-order chi connectivity index (χ0) is 16.0. The molecule has 3 atom stereocenters. The molecule has 0 radical (unpaired) electrons. The Kier molecular flexibility index (Phi) is 4.22. The summed E-state index contributed by atoms with van der Waals surface area (Å²) in [7, 11) is 0. The van der Waals surface area contributed by atoms with Crippen LogP contribution in [0, 0.1) is 0 Å². The number of anilines is 1. The number of benzene rings is 1. The molecule has 0 spiro atoms. The van der Waals surface area contributed by atoms with Crippen LogP contribution in [-0.4, -0.2) is 44.6 Å². The normalized spacial score (nSPS) is 25.3. The van der Waals surface area contributed by atoms with Gasteiger partial charge < -0.3 is 20.3 Å². The molecule has 1 saturated heterocycles. The molecule has 0 saturated carbocycles. The minimum absolute atomic E-state index is 0.0634. The molecule has 0 unspecified atom stereocenters. The van der Waals surface area contributed by atoms with E-state index < -0.39 is 18.4 Å². The van der Waals surface area contributed by atoms with Gasteiger partial charge in [-0.2, -0.15) is 0 Å². The number of nitrogens with one attached hydrogen (secondary N) is 1. The highest BCUT2D eigenvalue weighted by Gasteiger charge is 2.38. The lowest BCUT2D eigenvalue weighted by molar-refractivity contribution is -0.0148. The van der Waals surface area contributed by atoms with Crippen LogP contribution in [0.2, 0.25) is 10.0 Å². The monoisotopic (exact) mass is 345 g/mol. The van der Waals surface area contributed by atoms with E-state index in [1.165, 1.54) is 0 Å². The number of hydrogen-bond donors (Lipinski definition) is 3. The maximum atomic E-state index is 10.2. The van der Waals surface area contributed by atoms with Crippen LogP contribution in [0.3, 0.4) is 0 Å². The number of rotatable bonds is 3. The first kappa shape index (κ1) is 15.8. The molecular weight excluding hydrogens is 329 g/mol. The van der Waals surface area contributed by atoms with Gasteiger partial charge in [-0.15, -0.1) is 0 Å². The molecule has 2 heterocycles. The smallest absolute Gasteiger partial charge is 0.206 e. The number of nitrogens with zero attached hydrogens (tertiary/aromatic N) is 2. The van der Waals surface area contributed by atoms with Crippen molar-refractivity contribution >= 4 is 40.2 Å². The number of aliphatic hydroxyl groups excluding tert-OH is 2. The Labute approximate surface area is 137 Å². The predicted octanol–water partition coefficient (Wildman–Crippen LogP) is 2.41. The van der Waals surface area contributed by atoms with Gasteiger partial charge in [0.1, 0.15) is 12.2 Å². The van der Waals surface area contributed by atoms with Gasteiger partial charge in [0.05, 0.1) is 27.7 Å². The van der Waals surface area contributed by atoms with Gasteiger partial charge in [0, 0.05) is 6.04 Å². The molecule has 1 fully saturated rings. The number of fused-ring (bicyclic) bond motifs is 1. The lowest BCUT2D eigenvalue weighted by Gasteiger charge is -2.21. The molecule has 1 aliphatic heterocycles. The minimum atomic E-state index is -1.04. The van der Waals surface area contributed by atoms with Crippen molar-refractivity contribution in [3.63, 3.8) is 0 Å². The number of aromatic nitrogens is 2. The second-order valence-corrected chi connectivity index (χ2v) is 6.46. The third-order valence-corrected chi connectivity index (χ3v) is 4.25. The number of ether oxygens (including phenoxy) is 1. The first-order chi connectivity index (χ1) is 10.4. The summed E-state index contributed by atoms with van der Waals surface area (Å²) < 4.78 is 7.24. The Morgan fingerprint density at radius 2 is 2.00 bits per heavy atom. The van der Waals surface area contributed by atoms with Crippen LogP contribution in [0.4, 0.5) is 5.95 Å². The summed E-state index contributed by atoms with van der Waals surface area (Å²) in [5.74, 6) is 0.529. The van der Waals surface area contributed by atoms with Gasteiger partial charge in [-0.25, -0.2) is 4.98 Å². The highest BCUT2D eigenvalue weighted by molar-refractivity contribution is 6.42. The van der Waals surface area contributed by atoms with E-state index in [9.17, 15) is 10.2 Å². The number of aliphatic hydroxyl groups is 2. The van der Waals surface area contributed by atoms with Gasteiger partial charge >= 0.3 is 0 Å². The average molecular weight is 346 g/mol. The summed E-state index contributed by atoms with van der Waals surface area (Å²) in [5, 5.41) is 23.9. The zero-order valence-electron chi connectivity index (χ0n) is 12.1. The number of hydrogen-bond acceptors (Lipinski definition) is 5. The highest BCUT2D eigenvalue weighted by Crippen LogP contribution is 2.35. The molecule has 8 heteroatoms. The summed E-state index contributed by atoms with van der Waals surface area (Å²) in [4.78, 5) is 4.49. The van der Waals surface area contributed by atoms with Crippen LogP contribution < -0.4 is 5.32 Å². The van der Waals surface area contributed by atoms with Gasteiger partial charge in [-0.3, -0.25) is 4.57 Å². The second kappa shape index (κ2) is 5.86. The fourth-order valence-corrected chi connectivity index (χ4v) is 2.84. The van der Waals surface area contributed by atoms with Crippen LogP contribution in [0.25, 0.3) is 11.0 Å². The first-order valence-electron chi connectivity index (χ1n) is 6.99. The quantitative estimate of drug-likeness (QED) is 0.795. The summed E-state index contributed by atoms with van der Waals surface area (Å²) in [5.41, 5.74) is 1.31. The maximum Gasteiger partial charge on any atom is 0.206 e. The van der Waals surface area contributed by atoms with E-state index >= 15 is 0 Å². The second-order valence-electron chi connectivity index (χ2n) is 5.64. The van der Waals surface area contributed by atoms with Crippen LogP contribution in [0.15, 0.2) is 12.1 Å². The number of imidazole rings is 1. The Morgan fingerprint density at radius 1 is 1.32 bits per heavy atom. The van der Waals surface area contributed by atoms with Gasteiger partial charge in [0.25, 0.3) is 0 Å². The minimum Gasteiger partial charge on any atom is -0.388 e. The van der Waals surface area contributed by atoms with Crippen molar-refractivity contribution in [1.29, 1.82) is 0 Å². The molecule has 1 aromatic heterocycles. The Balaban J connectivity index is 2.18. The van der Waals surface area contributed by atoms with Crippen LogP contribution in [0.5, 0.6) is 0 Å². The van der Waals surface area contributed by atoms with Crippen molar-refractivity contribution < 1.29 is 14.9 Å². The van der Waals surface area contributed by atoms with Crippen molar-refractivity contribution in [3.8, 4) is 0 Å². The fraction of sp³-hybridized carbons (Fsp3) is 0.500. The molecule has 0 bridgehead atoms. The molecule has 0 aliphatic carbocycles. The molecule has 1 aromatic carbocycles.